The number of aryl methyl sites for hydroxylation is 2. The molecule has 4 aromatic heterocycles. The second-order valence-corrected chi connectivity index (χ2v) is 8.51. The number of hydrogen-bond donors (Lipinski definition) is 0. The number of nitrogens with zero attached hydrogens (tertiary/aromatic N) is 3. The highest BCUT2D eigenvalue weighted by atomic mass is 14.9. The Bertz CT molecular complexity index is 1810. The zero-order valence-electron chi connectivity index (χ0n) is 17.4. The topological polar surface area (TPSA) is 21.2 Å². The molecule has 0 aliphatic heterocycles. The smallest absolute Gasteiger partial charge is 0.213 e. The van der Waals surface area contributed by atoms with Crippen LogP contribution in [0.2, 0.25) is 0 Å². The molecule has 3 nitrogen and oxygen atoms in total. The summed E-state index contributed by atoms with van der Waals surface area (Å²) in [5, 5.41) is 7.62. The van der Waals surface area contributed by atoms with Crippen LogP contribution < -0.4 is 4.57 Å². The van der Waals surface area contributed by atoms with Gasteiger partial charge < -0.3 is 4.40 Å². The van der Waals surface area contributed by atoms with Crippen LogP contribution >= 0.6 is 0 Å². The number of pyridine rings is 2. The fourth-order valence-corrected chi connectivity index (χ4v) is 5.31. The average Bonchev–Trinajstić information content (AvgIpc) is 3.30. The molecular weight excluding hydrogens is 378 g/mol. The number of hydrogen-bond acceptors (Lipinski definition) is 1. The molecule has 3 heteroatoms. The first kappa shape index (κ1) is 16.8. The van der Waals surface area contributed by atoms with Crippen molar-refractivity contribution in [3.8, 4) is 11.3 Å². The fraction of sp³-hybridized carbons (Fsp3) is 0.0714. The molecule has 0 saturated carbocycles. The Morgan fingerprint density at radius 1 is 0.774 bits per heavy atom. The highest BCUT2D eigenvalue weighted by Crippen LogP contribution is 2.40. The minimum atomic E-state index is 1.21. The van der Waals surface area contributed by atoms with Crippen molar-refractivity contribution in [3.05, 3.63) is 90.9 Å². The highest BCUT2D eigenvalue weighted by molar-refractivity contribution is 6.23. The van der Waals surface area contributed by atoms with Crippen molar-refractivity contribution in [1.29, 1.82) is 0 Å². The lowest BCUT2D eigenvalue weighted by molar-refractivity contribution is -0.659. The molecule has 0 N–H and O–H groups in total. The second kappa shape index (κ2) is 5.79. The van der Waals surface area contributed by atoms with Gasteiger partial charge in [-0.05, 0) is 42.1 Å². The Hall–Kier alpha value is -3.98. The number of para-hydroxylation sites is 1. The summed E-state index contributed by atoms with van der Waals surface area (Å²) >= 11 is 0. The second-order valence-electron chi connectivity index (χ2n) is 8.51. The van der Waals surface area contributed by atoms with Crippen LogP contribution in [0.15, 0.2) is 85.3 Å². The van der Waals surface area contributed by atoms with Crippen molar-refractivity contribution in [1.82, 2.24) is 9.38 Å². The van der Waals surface area contributed by atoms with Crippen molar-refractivity contribution in [2.24, 2.45) is 7.05 Å². The quantitative estimate of drug-likeness (QED) is 0.302. The van der Waals surface area contributed by atoms with Crippen molar-refractivity contribution in [2.75, 3.05) is 0 Å². The zero-order valence-corrected chi connectivity index (χ0v) is 17.4. The van der Waals surface area contributed by atoms with E-state index < -0.39 is 0 Å². The van der Waals surface area contributed by atoms with Gasteiger partial charge in [-0.1, -0.05) is 36.4 Å². The molecule has 0 atom stereocenters. The summed E-state index contributed by atoms with van der Waals surface area (Å²) in [4.78, 5) is 4.39. The van der Waals surface area contributed by atoms with Gasteiger partial charge >= 0.3 is 0 Å². The maximum absolute atomic E-state index is 4.39. The predicted molar refractivity (Wildman–Crippen MR) is 128 cm³/mol. The van der Waals surface area contributed by atoms with E-state index in [1.54, 1.807) is 0 Å². The molecule has 7 rings (SSSR count). The van der Waals surface area contributed by atoms with Crippen LogP contribution in [0, 0.1) is 6.92 Å². The van der Waals surface area contributed by atoms with Crippen LogP contribution in [0.1, 0.15) is 5.56 Å². The van der Waals surface area contributed by atoms with E-state index in [2.05, 4.69) is 101 Å². The minimum Gasteiger partial charge on any atom is -0.308 e. The highest BCUT2D eigenvalue weighted by Gasteiger charge is 2.21. The average molecular weight is 398 g/mol. The van der Waals surface area contributed by atoms with Crippen molar-refractivity contribution in [3.63, 3.8) is 0 Å². The molecule has 0 aliphatic rings. The molecular formula is C28H20N3+. The van der Waals surface area contributed by atoms with E-state index in [1.165, 1.54) is 65.7 Å². The van der Waals surface area contributed by atoms with Gasteiger partial charge in [-0.2, -0.15) is 0 Å². The van der Waals surface area contributed by atoms with Crippen LogP contribution in [0.25, 0.3) is 60.1 Å². The van der Waals surface area contributed by atoms with Gasteiger partial charge in [-0.3, -0.25) is 4.98 Å². The van der Waals surface area contributed by atoms with E-state index >= 15 is 0 Å². The lowest BCUT2D eigenvalue weighted by Gasteiger charge is -2.08. The first-order valence-electron chi connectivity index (χ1n) is 10.6. The Morgan fingerprint density at radius 2 is 1.58 bits per heavy atom. The summed E-state index contributed by atoms with van der Waals surface area (Å²) in [6, 6.07) is 24.3. The lowest BCUT2D eigenvalue weighted by Crippen LogP contribution is -2.30. The standard InChI is InChI=1S/C28H20N3/c1-17-12-23-20-8-5-9-21-24-15-29-11-10-25(24)31(28(20)21)27(23)14-22(17)26-13-18-6-3-4-7-19(18)16-30(26)2/h3-16H,1-2H3/q+1. The summed E-state index contributed by atoms with van der Waals surface area (Å²) in [7, 11) is 2.14. The van der Waals surface area contributed by atoms with E-state index in [0.29, 0.717) is 0 Å². The molecule has 0 amide bonds. The largest absolute Gasteiger partial charge is 0.308 e. The first-order chi connectivity index (χ1) is 15.2. The van der Waals surface area contributed by atoms with Gasteiger partial charge in [0.05, 0.1) is 22.1 Å². The van der Waals surface area contributed by atoms with Crippen LogP contribution in [0.3, 0.4) is 0 Å². The Balaban J connectivity index is 1.65. The van der Waals surface area contributed by atoms with E-state index in [9.17, 15) is 0 Å². The molecule has 0 radical (unpaired) electrons. The van der Waals surface area contributed by atoms with E-state index in [0.717, 1.165) is 0 Å². The van der Waals surface area contributed by atoms with E-state index in [4.69, 9.17) is 0 Å². The monoisotopic (exact) mass is 398 g/mol. The molecule has 0 fully saturated rings. The van der Waals surface area contributed by atoms with Gasteiger partial charge in [0.15, 0.2) is 6.20 Å². The summed E-state index contributed by atoms with van der Waals surface area (Å²) in [5.74, 6) is 0. The molecule has 0 bridgehead atoms. The third kappa shape index (κ3) is 2.13. The van der Waals surface area contributed by atoms with Crippen LogP contribution in [0.4, 0.5) is 0 Å². The summed E-state index contributed by atoms with van der Waals surface area (Å²) in [5.41, 5.74) is 7.54. The van der Waals surface area contributed by atoms with Crippen molar-refractivity contribution >= 4 is 48.9 Å². The van der Waals surface area contributed by atoms with E-state index in [-0.39, 0.29) is 0 Å². The summed E-state index contributed by atoms with van der Waals surface area (Å²) in [6.07, 6.45) is 6.10. The Morgan fingerprint density at radius 3 is 2.45 bits per heavy atom. The van der Waals surface area contributed by atoms with Crippen LogP contribution in [0.5, 0.6) is 0 Å². The van der Waals surface area contributed by atoms with E-state index in [1.807, 2.05) is 12.4 Å². The molecule has 0 spiro atoms. The Kier molecular flexibility index (Phi) is 3.14. The van der Waals surface area contributed by atoms with Gasteiger partial charge in [-0.15, -0.1) is 0 Å². The Labute approximate surface area is 179 Å². The number of fused-ring (bicyclic) bond motifs is 7. The number of rotatable bonds is 1. The normalized spacial score (nSPS) is 12.2. The molecule has 7 aromatic rings. The van der Waals surface area contributed by atoms with Gasteiger partial charge in [0.1, 0.15) is 7.05 Å². The third-order valence-corrected chi connectivity index (χ3v) is 6.74. The maximum Gasteiger partial charge on any atom is 0.213 e. The first-order valence-corrected chi connectivity index (χ1v) is 10.6. The molecule has 31 heavy (non-hydrogen) atoms. The van der Waals surface area contributed by atoms with Crippen molar-refractivity contribution < 1.29 is 4.57 Å². The molecule has 146 valence electrons. The maximum atomic E-state index is 4.39. The van der Waals surface area contributed by atoms with Crippen molar-refractivity contribution in [2.45, 2.75) is 6.92 Å². The van der Waals surface area contributed by atoms with Gasteiger partial charge in [-0.25, -0.2) is 4.57 Å². The zero-order chi connectivity index (χ0) is 20.7. The summed E-state index contributed by atoms with van der Waals surface area (Å²) < 4.78 is 4.66. The van der Waals surface area contributed by atoms with Gasteiger partial charge in [0.2, 0.25) is 5.69 Å². The molecule has 0 unspecified atom stereocenters. The summed E-state index contributed by atoms with van der Waals surface area (Å²) in [6.45, 7) is 2.22. The van der Waals surface area contributed by atoms with Gasteiger partial charge in [0, 0.05) is 45.4 Å². The fourth-order valence-electron chi connectivity index (χ4n) is 5.31. The third-order valence-electron chi connectivity index (χ3n) is 6.74. The SMILES string of the molecule is Cc1cc2c3cccc4c5cnccc5n(c2cc1-c1cc2ccccc2c[n+]1C)c43. The predicted octanol–water partition coefficient (Wildman–Crippen LogP) is 6.18. The lowest BCUT2D eigenvalue weighted by atomic mass is 9.99. The molecule has 4 heterocycles. The van der Waals surface area contributed by atoms with Crippen LogP contribution in [-0.4, -0.2) is 9.38 Å². The minimum absolute atomic E-state index is 1.21. The van der Waals surface area contributed by atoms with Crippen LogP contribution in [-0.2, 0) is 7.05 Å². The number of benzene rings is 3. The molecule has 0 saturated heterocycles. The molecule has 0 aliphatic carbocycles. The van der Waals surface area contributed by atoms with Gasteiger partial charge in [0.25, 0.3) is 0 Å². The number of aromatic nitrogens is 3. The molecule has 3 aromatic carbocycles.